The van der Waals surface area contributed by atoms with Crippen molar-refractivity contribution < 1.29 is 23.5 Å². The zero-order chi connectivity index (χ0) is 19.2. The Bertz CT molecular complexity index is 966. The molecule has 2 aromatic carbocycles. The van der Waals surface area contributed by atoms with Gasteiger partial charge in [0.2, 0.25) is 6.41 Å². The lowest BCUT2D eigenvalue weighted by molar-refractivity contribution is -0.142. The van der Waals surface area contributed by atoms with Gasteiger partial charge in [-0.1, -0.05) is 28.1 Å². The molecule has 0 unspecified atom stereocenters. The van der Waals surface area contributed by atoms with Crippen molar-refractivity contribution in [3.8, 4) is 5.75 Å². The highest BCUT2D eigenvalue weighted by molar-refractivity contribution is 9.10. The van der Waals surface area contributed by atoms with E-state index < -0.39 is 0 Å². The van der Waals surface area contributed by atoms with Crippen molar-refractivity contribution in [2.75, 3.05) is 11.9 Å². The topological polar surface area (TPSA) is 77.8 Å². The molecule has 0 atom stereocenters. The highest BCUT2D eigenvalue weighted by Gasteiger charge is 2.15. The van der Waals surface area contributed by atoms with Gasteiger partial charge < -0.3 is 19.2 Å². The minimum absolute atomic E-state index is 0.0508. The number of fused-ring (bicyclic) bond motifs is 1. The molecule has 1 amide bonds. The van der Waals surface area contributed by atoms with Crippen LogP contribution in [0.2, 0.25) is 0 Å². The van der Waals surface area contributed by atoms with E-state index in [-0.39, 0.29) is 19.0 Å². The SMILES string of the molecule is CCOC(=O)Cc1cccc(NC=O)c1OCc1coc2ccc(Br)cc12. The van der Waals surface area contributed by atoms with Crippen LogP contribution in [0.4, 0.5) is 5.69 Å². The van der Waals surface area contributed by atoms with Gasteiger partial charge in [0, 0.05) is 21.0 Å². The second-order valence-electron chi connectivity index (χ2n) is 5.73. The monoisotopic (exact) mass is 431 g/mol. The van der Waals surface area contributed by atoms with E-state index in [0.717, 1.165) is 21.0 Å². The molecule has 0 saturated heterocycles. The molecular weight excluding hydrogens is 414 g/mol. The number of rotatable bonds is 8. The van der Waals surface area contributed by atoms with Gasteiger partial charge in [0.1, 0.15) is 17.9 Å². The molecule has 0 aliphatic rings. The first-order valence-electron chi connectivity index (χ1n) is 8.38. The predicted octanol–water partition coefficient (Wildman–Crippen LogP) is 4.45. The third-order valence-electron chi connectivity index (χ3n) is 3.94. The maximum absolute atomic E-state index is 11.9. The third kappa shape index (κ3) is 4.49. The number of ether oxygens (including phenoxy) is 2. The van der Waals surface area contributed by atoms with Gasteiger partial charge in [0.25, 0.3) is 0 Å². The van der Waals surface area contributed by atoms with E-state index in [0.29, 0.717) is 30.0 Å². The Morgan fingerprint density at radius 1 is 1.26 bits per heavy atom. The number of carbonyl (C=O) groups excluding carboxylic acids is 2. The number of furan rings is 1. The molecule has 0 aliphatic heterocycles. The van der Waals surface area contributed by atoms with Gasteiger partial charge in [0.05, 0.1) is 25.0 Å². The quantitative estimate of drug-likeness (QED) is 0.421. The van der Waals surface area contributed by atoms with Gasteiger partial charge in [-0.25, -0.2) is 0 Å². The summed E-state index contributed by atoms with van der Waals surface area (Å²) in [5.74, 6) is 0.0743. The Morgan fingerprint density at radius 3 is 2.89 bits per heavy atom. The summed E-state index contributed by atoms with van der Waals surface area (Å²) in [4.78, 5) is 22.8. The molecule has 0 spiro atoms. The fourth-order valence-corrected chi connectivity index (χ4v) is 3.12. The first-order valence-corrected chi connectivity index (χ1v) is 9.17. The standard InChI is InChI=1S/C20H18BrNO5/c1-2-25-19(24)8-13-4-3-5-17(22-12-23)20(13)27-11-14-10-26-18-7-6-15(21)9-16(14)18/h3-7,9-10,12H,2,8,11H2,1H3,(H,22,23). The Hall–Kier alpha value is -2.80. The van der Waals surface area contributed by atoms with Crippen LogP contribution in [0.3, 0.4) is 0 Å². The fourth-order valence-electron chi connectivity index (χ4n) is 2.75. The Morgan fingerprint density at radius 2 is 2.11 bits per heavy atom. The van der Waals surface area contributed by atoms with Gasteiger partial charge in [-0.05, 0) is 31.2 Å². The molecule has 1 heterocycles. The van der Waals surface area contributed by atoms with Crippen molar-refractivity contribution in [1.82, 2.24) is 0 Å². The molecule has 3 rings (SSSR count). The van der Waals surface area contributed by atoms with E-state index in [2.05, 4.69) is 21.2 Å². The molecular formula is C20H18BrNO5. The van der Waals surface area contributed by atoms with E-state index in [1.54, 1.807) is 31.4 Å². The minimum atomic E-state index is -0.358. The number of nitrogens with one attached hydrogen (secondary N) is 1. The summed E-state index contributed by atoms with van der Waals surface area (Å²) >= 11 is 3.45. The van der Waals surface area contributed by atoms with E-state index in [9.17, 15) is 9.59 Å². The number of hydrogen-bond donors (Lipinski definition) is 1. The van der Waals surface area contributed by atoms with E-state index in [1.807, 2.05) is 18.2 Å². The first kappa shape index (κ1) is 19.0. The van der Waals surface area contributed by atoms with Crippen LogP contribution in [0.5, 0.6) is 5.75 Å². The average molecular weight is 432 g/mol. The molecule has 1 N–H and O–H groups in total. The summed E-state index contributed by atoms with van der Waals surface area (Å²) in [7, 11) is 0. The molecule has 0 radical (unpaired) electrons. The second-order valence-corrected chi connectivity index (χ2v) is 6.64. The Labute approximate surface area is 164 Å². The van der Waals surface area contributed by atoms with Crippen molar-refractivity contribution in [2.45, 2.75) is 20.0 Å². The number of carbonyl (C=O) groups is 2. The van der Waals surface area contributed by atoms with Gasteiger partial charge >= 0.3 is 5.97 Å². The number of para-hydroxylation sites is 1. The highest BCUT2D eigenvalue weighted by Crippen LogP contribution is 2.32. The van der Waals surface area contributed by atoms with Crippen LogP contribution < -0.4 is 10.1 Å². The maximum atomic E-state index is 11.9. The van der Waals surface area contributed by atoms with E-state index in [1.165, 1.54) is 0 Å². The molecule has 0 bridgehead atoms. The lowest BCUT2D eigenvalue weighted by Gasteiger charge is -2.15. The summed E-state index contributed by atoms with van der Waals surface area (Å²) < 4.78 is 17.5. The second kappa shape index (κ2) is 8.73. The van der Waals surface area contributed by atoms with Gasteiger partial charge in [0.15, 0.2) is 0 Å². The molecule has 0 saturated carbocycles. The van der Waals surface area contributed by atoms with Gasteiger partial charge in [-0.15, -0.1) is 0 Å². The predicted molar refractivity (Wildman–Crippen MR) is 105 cm³/mol. The van der Waals surface area contributed by atoms with Gasteiger partial charge in [-0.3, -0.25) is 9.59 Å². The molecule has 0 aliphatic carbocycles. The third-order valence-corrected chi connectivity index (χ3v) is 4.43. The molecule has 1 aromatic heterocycles. The van der Waals surface area contributed by atoms with Crippen LogP contribution >= 0.6 is 15.9 Å². The van der Waals surface area contributed by atoms with E-state index in [4.69, 9.17) is 13.9 Å². The number of hydrogen-bond acceptors (Lipinski definition) is 5. The van der Waals surface area contributed by atoms with E-state index >= 15 is 0 Å². The lowest BCUT2D eigenvalue weighted by Crippen LogP contribution is -2.10. The normalized spacial score (nSPS) is 10.6. The number of amides is 1. The van der Waals surface area contributed by atoms with Crippen molar-refractivity contribution >= 4 is 45.0 Å². The highest BCUT2D eigenvalue weighted by atomic mass is 79.9. The van der Waals surface area contributed by atoms with Crippen molar-refractivity contribution in [1.29, 1.82) is 0 Å². The zero-order valence-corrected chi connectivity index (χ0v) is 16.2. The zero-order valence-electron chi connectivity index (χ0n) is 14.7. The van der Waals surface area contributed by atoms with Crippen LogP contribution in [0.1, 0.15) is 18.1 Å². The largest absolute Gasteiger partial charge is 0.486 e. The summed E-state index contributed by atoms with van der Waals surface area (Å²) in [6, 6.07) is 11.0. The molecule has 7 heteroatoms. The summed E-state index contributed by atoms with van der Waals surface area (Å²) in [6.07, 6.45) is 2.26. The Balaban J connectivity index is 1.88. The van der Waals surface area contributed by atoms with Gasteiger partial charge in [-0.2, -0.15) is 0 Å². The smallest absolute Gasteiger partial charge is 0.310 e. The van der Waals surface area contributed by atoms with Crippen LogP contribution in [0.15, 0.2) is 51.6 Å². The number of anilines is 1. The Kier molecular flexibility index (Phi) is 6.13. The number of benzene rings is 2. The van der Waals surface area contributed by atoms with Crippen molar-refractivity contribution in [2.24, 2.45) is 0 Å². The molecule has 27 heavy (non-hydrogen) atoms. The number of halogens is 1. The molecule has 3 aromatic rings. The first-order chi connectivity index (χ1) is 13.1. The summed E-state index contributed by atoms with van der Waals surface area (Å²) in [5, 5.41) is 3.54. The van der Waals surface area contributed by atoms with Crippen LogP contribution in [-0.2, 0) is 27.4 Å². The van der Waals surface area contributed by atoms with Crippen LogP contribution in [0, 0.1) is 0 Å². The maximum Gasteiger partial charge on any atom is 0.310 e. The molecule has 0 fully saturated rings. The van der Waals surface area contributed by atoms with Crippen LogP contribution in [0.25, 0.3) is 11.0 Å². The molecule has 6 nitrogen and oxygen atoms in total. The van der Waals surface area contributed by atoms with Crippen molar-refractivity contribution in [3.05, 3.63) is 58.3 Å². The lowest BCUT2D eigenvalue weighted by atomic mass is 10.1. The fraction of sp³-hybridized carbons (Fsp3) is 0.200. The number of esters is 1. The summed E-state index contributed by atoms with van der Waals surface area (Å²) in [5.41, 5.74) is 2.73. The summed E-state index contributed by atoms with van der Waals surface area (Å²) in [6.45, 7) is 2.27. The minimum Gasteiger partial charge on any atom is -0.486 e. The average Bonchev–Trinajstić information content (AvgIpc) is 3.04. The molecule has 140 valence electrons. The van der Waals surface area contributed by atoms with Crippen molar-refractivity contribution in [3.63, 3.8) is 0 Å². The van der Waals surface area contributed by atoms with Crippen LogP contribution in [-0.4, -0.2) is 19.0 Å².